The Hall–Kier alpha value is -0.890. The second-order valence-electron chi connectivity index (χ2n) is 4.72. The minimum Gasteiger partial charge on any atom is -0.397 e. The Morgan fingerprint density at radius 3 is 2.75 bits per heavy atom. The van der Waals surface area contributed by atoms with Gasteiger partial charge >= 0.3 is 0 Å². The predicted octanol–water partition coefficient (Wildman–Crippen LogP) is 3.61. The summed E-state index contributed by atoms with van der Waals surface area (Å²) >= 11 is 6.31. The molecule has 1 heterocycles. The highest BCUT2D eigenvalue weighted by Gasteiger charge is 2.22. The van der Waals surface area contributed by atoms with Crippen LogP contribution in [0.5, 0.6) is 0 Å². The molecule has 0 amide bonds. The normalized spacial score (nSPS) is 21.2. The number of anilines is 2. The van der Waals surface area contributed by atoms with Crippen molar-refractivity contribution in [2.45, 2.75) is 39.2 Å². The van der Waals surface area contributed by atoms with E-state index in [4.69, 9.17) is 17.3 Å². The summed E-state index contributed by atoms with van der Waals surface area (Å²) in [5, 5.41) is 0.784. The Balaban J connectivity index is 2.38. The number of halogens is 1. The minimum atomic E-state index is 0.538. The summed E-state index contributed by atoms with van der Waals surface area (Å²) in [7, 11) is 0. The summed E-state index contributed by atoms with van der Waals surface area (Å²) in [6, 6.07) is 4.54. The topological polar surface area (TPSA) is 29.3 Å². The van der Waals surface area contributed by atoms with Gasteiger partial charge in [0.05, 0.1) is 16.4 Å². The lowest BCUT2D eigenvalue weighted by atomic mass is 10.0. The van der Waals surface area contributed by atoms with Crippen molar-refractivity contribution >= 4 is 23.0 Å². The Morgan fingerprint density at radius 1 is 1.38 bits per heavy atom. The van der Waals surface area contributed by atoms with Crippen LogP contribution in [0.2, 0.25) is 5.02 Å². The highest BCUT2D eigenvalue weighted by Crippen LogP contribution is 2.36. The van der Waals surface area contributed by atoms with Crippen LogP contribution in [0.25, 0.3) is 0 Å². The van der Waals surface area contributed by atoms with E-state index < -0.39 is 0 Å². The quantitative estimate of drug-likeness (QED) is 0.758. The van der Waals surface area contributed by atoms with Gasteiger partial charge in [-0.3, -0.25) is 0 Å². The van der Waals surface area contributed by atoms with E-state index >= 15 is 0 Å². The number of hydrogen-bond acceptors (Lipinski definition) is 2. The lowest BCUT2D eigenvalue weighted by molar-refractivity contribution is 0.485. The van der Waals surface area contributed by atoms with Crippen molar-refractivity contribution in [2.24, 2.45) is 0 Å². The maximum absolute atomic E-state index is 6.31. The number of hydrogen-bond donors (Lipinski definition) is 1. The predicted molar refractivity (Wildman–Crippen MR) is 71.3 cm³/mol. The second kappa shape index (κ2) is 4.54. The monoisotopic (exact) mass is 238 g/mol. The molecule has 1 fully saturated rings. The van der Waals surface area contributed by atoms with Gasteiger partial charge in [0.15, 0.2) is 0 Å². The van der Waals surface area contributed by atoms with Crippen LogP contribution in [0.3, 0.4) is 0 Å². The summed E-state index contributed by atoms with van der Waals surface area (Å²) in [5.41, 5.74) is 9.04. The molecule has 0 spiro atoms. The van der Waals surface area contributed by atoms with Gasteiger partial charge < -0.3 is 10.6 Å². The fraction of sp³-hybridized carbons (Fsp3) is 0.538. The number of piperidine rings is 1. The molecule has 3 heteroatoms. The van der Waals surface area contributed by atoms with Crippen LogP contribution < -0.4 is 10.6 Å². The van der Waals surface area contributed by atoms with Crippen LogP contribution >= 0.6 is 11.6 Å². The Bertz CT molecular complexity index is 367. The lowest BCUT2D eigenvalue weighted by Gasteiger charge is -2.36. The molecule has 1 atom stereocenters. The van der Waals surface area contributed by atoms with Crippen molar-refractivity contribution in [2.75, 3.05) is 17.2 Å². The molecule has 0 radical (unpaired) electrons. The van der Waals surface area contributed by atoms with Gasteiger partial charge in [0, 0.05) is 12.6 Å². The fourth-order valence-electron chi connectivity index (χ4n) is 2.49. The first-order chi connectivity index (χ1) is 7.59. The molecule has 2 nitrogen and oxygen atoms in total. The molecule has 0 unspecified atom stereocenters. The third-order valence-corrected chi connectivity index (χ3v) is 3.62. The maximum atomic E-state index is 6.31. The van der Waals surface area contributed by atoms with Crippen LogP contribution in [0.4, 0.5) is 11.4 Å². The van der Waals surface area contributed by atoms with E-state index in [1.807, 2.05) is 19.1 Å². The molecule has 0 bridgehead atoms. The molecular formula is C13H19ClN2. The average Bonchev–Trinajstić information content (AvgIpc) is 2.19. The Kier molecular flexibility index (Phi) is 3.29. The number of nitrogen functional groups attached to an aromatic ring is 1. The van der Waals surface area contributed by atoms with Crippen molar-refractivity contribution < 1.29 is 0 Å². The highest BCUT2D eigenvalue weighted by molar-refractivity contribution is 6.34. The summed E-state index contributed by atoms with van der Waals surface area (Å²) in [6.07, 6.45) is 3.76. The number of nitrogens with two attached hydrogens (primary N) is 1. The summed E-state index contributed by atoms with van der Waals surface area (Å²) in [6.45, 7) is 5.33. The van der Waals surface area contributed by atoms with E-state index in [1.165, 1.54) is 19.3 Å². The molecule has 0 aromatic heterocycles. The third kappa shape index (κ3) is 2.12. The number of aryl methyl sites for hydroxylation is 1. The molecule has 2 rings (SSSR count). The first kappa shape index (κ1) is 11.6. The molecule has 0 aliphatic carbocycles. The molecule has 88 valence electrons. The van der Waals surface area contributed by atoms with Crippen LogP contribution in [-0.2, 0) is 0 Å². The van der Waals surface area contributed by atoms with Gasteiger partial charge in [-0.05, 0) is 50.8 Å². The SMILES string of the molecule is Cc1cc(N)c(N2CCCC[C@H]2C)c(Cl)c1. The van der Waals surface area contributed by atoms with Gasteiger partial charge in [0.25, 0.3) is 0 Å². The molecule has 1 aliphatic heterocycles. The zero-order valence-corrected chi connectivity index (χ0v) is 10.7. The molecule has 1 saturated heterocycles. The second-order valence-corrected chi connectivity index (χ2v) is 5.13. The van der Waals surface area contributed by atoms with E-state index in [2.05, 4.69) is 11.8 Å². The van der Waals surface area contributed by atoms with Gasteiger partial charge in [-0.1, -0.05) is 11.6 Å². The van der Waals surface area contributed by atoms with E-state index in [0.29, 0.717) is 6.04 Å². The first-order valence-electron chi connectivity index (χ1n) is 5.92. The van der Waals surface area contributed by atoms with E-state index in [-0.39, 0.29) is 0 Å². The molecule has 2 N–H and O–H groups in total. The zero-order valence-electron chi connectivity index (χ0n) is 9.96. The van der Waals surface area contributed by atoms with Gasteiger partial charge in [0.2, 0.25) is 0 Å². The molecule has 1 aromatic rings. The Labute approximate surface area is 102 Å². The van der Waals surface area contributed by atoms with Crippen molar-refractivity contribution in [1.82, 2.24) is 0 Å². The number of benzene rings is 1. The standard InChI is InChI=1S/C13H19ClN2/c1-9-7-11(14)13(12(15)8-9)16-6-4-3-5-10(16)2/h7-8,10H,3-6,15H2,1-2H3/t10-/m1/s1. The minimum absolute atomic E-state index is 0.538. The van der Waals surface area contributed by atoms with Crippen LogP contribution in [0, 0.1) is 6.92 Å². The van der Waals surface area contributed by atoms with Crippen LogP contribution in [0.15, 0.2) is 12.1 Å². The maximum Gasteiger partial charge on any atom is 0.0791 e. The smallest absolute Gasteiger partial charge is 0.0791 e. The zero-order chi connectivity index (χ0) is 11.7. The van der Waals surface area contributed by atoms with Gasteiger partial charge in [-0.25, -0.2) is 0 Å². The largest absolute Gasteiger partial charge is 0.397 e. The van der Waals surface area contributed by atoms with Crippen molar-refractivity contribution in [1.29, 1.82) is 0 Å². The molecule has 1 aromatic carbocycles. The highest BCUT2D eigenvalue weighted by atomic mass is 35.5. The van der Waals surface area contributed by atoms with Crippen molar-refractivity contribution in [3.8, 4) is 0 Å². The van der Waals surface area contributed by atoms with Crippen molar-refractivity contribution in [3.63, 3.8) is 0 Å². The van der Waals surface area contributed by atoms with E-state index in [9.17, 15) is 0 Å². The number of nitrogens with zero attached hydrogens (tertiary/aromatic N) is 1. The third-order valence-electron chi connectivity index (χ3n) is 3.33. The fourth-order valence-corrected chi connectivity index (χ4v) is 2.88. The van der Waals surface area contributed by atoms with Gasteiger partial charge in [-0.2, -0.15) is 0 Å². The van der Waals surface area contributed by atoms with Crippen LogP contribution in [0.1, 0.15) is 31.7 Å². The average molecular weight is 239 g/mol. The van der Waals surface area contributed by atoms with Crippen LogP contribution in [-0.4, -0.2) is 12.6 Å². The Morgan fingerprint density at radius 2 is 2.12 bits per heavy atom. The summed E-state index contributed by atoms with van der Waals surface area (Å²) in [5.74, 6) is 0. The summed E-state index contributed by atoms with van der Waals surface area (Å²) < 4.78 is 0. The van der Waals surface area contributed by atoms with E-state index in [1.54, 1.807) is 0 Å². The first-order valence-corrected chi connectivity index (χ1v) is 6.29. The summed E-state index contributed by atoms with van der Waals surface area (Å²) in [4.78, 5) is 2.35. The molecular weight excluding hydrogens is 220 g/mol. The molecule has 16 heavy (non-hydrogen) atoms. The molecule has 1 aliphatic rings. The number of rotatable bonds is 1. The van der Waals surface area contributed by atoms with Crippen molar-refractivity contribution in [3.05, 3.63) is 22.7 Å². The molecule has 0 saturated carbocycles. The van der Waals surface area contributed by atoms with Gasteiger partial charge in [0.1, 0.15) is 0 Å². The van der Waals surface area contributed by atoms with Gasteiger partial charge in [-0.15, -0.1) is 0 Å². The lowest BCUT2D eigenvalue weighted by Crippen LogP contribution is -2.38. The van der Waals surface area contributed by atoms with E-state index in [0.717, 1.165) is 28.5 Å².